The van der Waals surface area contributed by atoms with Crippen LogP contribution in [0.25, 0.3) is 0 Å². The number of carbonyl (C=O) groups is 2. The highest BCUT2D eigenvalue weighted by Gasteiger charge is 2.47. The van der Waals surface area contributed by atoms with Crippen LogP contribution < -0.4 is 5.32 Å². The quantitative estimate of drug-likeness (QED) is 0.895. The molecule has 1 saturated carbocycles. The van der Waals surface area contributed by atoms with Gasteiger partial charge in [-0.1, -0.05) is 11.6 Å². The fourth-order valence-corrected chi connectivity index (χ4v) is 2.33. The van der Waals surface area contributed by atoms with Gasteiger partial charge in [0.05, 0.1) is 11.1 Å². The topological polar surface area (TPSA) is 75.6 Å². The van der Waals surface area contributed by atoms with Gasteiger partial charge in [0.25, 0.3) is 0 Å². The van der Waals surface area contributed by atoms with E-state index in [0.29, 0.717) is 10.6 Å². The number of carbonyl (C=O) groups excluding carboxylic acids is 1. The Balaban J connectivity index is 2.21. The summed E-state index contributed by atoms with van der Waals surface area (Å²) < 4.78 is 5.24. The zero-order valence-corrected chi connectivity index (χ0v) is 13.0. The Morgan fingerprint density at radius 2 is 1.90 bits per heavy atom. The maximum absolute atomic E-state index is 11.9. The number of alkyl carbamates (subject to hydrolysis) is 1. The van der Waals surface area contributed by atoms with Crippen molar-refractivity contribution in [2.24, 2.45) is 0 Å². The first kappa shape index (κ1) is 15.6. The second kappa shape index (κ2) is 5.22. The van der Waals surface area contributed by atoms with Crippen molar-refractivity contribution in [1.29, 1.82) is 0 Å². The van der Waals surface area contributed by atoms with Crippen molar-refractivity contribution in [3.63, 3.8) is 0 Å². The molecule has 0 bridgehead atoms. The van der Waals surface area contributed by atoms with Crippen molar-refractivity contribution in [3.05, 3.63) is 34.3 Å². The van der Waals surface area contributed by atoms with Gasteiger partial charge in [-0.05, 0) is 57.4 Å². The van der Waals surface area contributed by atoms with Crippen LogP contribution >= 0.6 is 11.6 Å². The fourth-order valence-electron chi connectivity index (χ4n) is 2.10. The number of aromatic carboxylic acids is 1. The summed E-state index contributed by atoms with van der Waals surface area (Å²) in [7, 11) is 0. The summed E-state index contributed by atoms with van der Waals surface area (Å²) in [5, 5.41) is 12.2. The van der Waals surface area contributed by atoms with E-state index in [1.807, 2.05) is 0 Å². The molecular formula is C15H18ClNO4. The summed E-state index contributed by atoms with van der Waals surface area (Å²) in [5.41, 5.74) is -0.356. The number of hydrogen-bond donors (Lipinski definition) is 2. The Morgan fingerprint density at radius 1 is 1.29 bits per heavy atom. The highest BCUT2D eigenvalue weighted by atomic mass is 35.5. The van der Waals surface area contributed by atoms with Gasteiger partial charge >= 0.3 is 12.1 Å². The molecule has 21 heavy (non-hydrogen) atoms. The summed E-state index contributed by atoms with van der Waals surface area (Å²) >= 11 is 5.96. The van der Waals surface area contributed by atoms with Crippen molar-refractivity contribution >= 4 is 23.7 Å². The molecular weight excluding hydrogens is 294 g/mol. The second-order valence-electron chi connectivity index (χ2n) is 6.24. The first-order chi connectivity index (χ1) is 9.61. The summed E-state index contributed by atoms with van der Waals surface area (Å²) in [6, 6.07) is 4.61. The van der Waals surface area contributed by atoms with Crippen LogP contribution in [0.4, 0.5) is 4.79 Å². The van der Waals surface area contributed by atoms with Crippen LogP contribution in [0.3, 0.4) is 0 Å². The van der Waals surface area contributed by atoms with Gasteiger partial charge in [-0.3, -0.25) is 0 Å². The Hall–Kier alpha value is -1.75. The minimum atomic E-state index is -1.05. The van der Waals surface area contributed by atoms with E-state index >= 15 is 0 Å². The summed E-state index contributed by atoms with van der Waals surface area (Å²) in [5.74, 6) is -1.05. The number of carboxylic acids is 1. The average molecular weight is 312 g/mol. The average Bonchev–Trinajstić information content (AvgIpc) is 3.06. The minimum Gasteiger partial charge on any atom is -0.478 e. The van der Waals surface area contributed by atoms with E-state index in [0.717, 1.165) is 12.8 Å². The van der Waals surface area contributed by atoms with E-state index in [1.54, 1.807) is 32.9 Å². The van der Waals surface area contributed by atoms with E-state index < -0.39 is 23.2 Å². The lowest BCUT2D eigenvalue weighted by atomic mass is 10.0. The maximum Gasteiger partial charge on any atom is 0.408 e. The van der Waals surface area contributed by atoms with Gasteiger partial charge in [0.2, 0.25) is 0 Å². The Bertz CT molecular complexity index is 588. The standard InChI is InChI=1S/C15H18ClNO4/c1-14(2,3)21-13(20)17-15(4-5-15)10-6-9(12(18)19)7-11(16)8-10/h6-8H,4-5H2,1-3H3,(H,17,20)(H,18,19). The molecule has 0 unspecified atom stereocenters. The third-order valence-corrected chi connectivity index (χ3v) is 3.41. The van der Waals surface area contributed by atoms with Crippen LogP contribution in [0.5, 0.6) is 0 Å². The van der Waals surface area contributed by atoms with Crippen molar-refractivity contribution in [2.45, 2.75) is 44.8 Å². The van der Waals surface area contributed by atoms with Crippen molar-refractivity contribution < 1.29 is 19.4 Å². The van der Waals surface area contributed by atoms with Gasteiger partial charge in [0, 0.05) is 5.02 Å². The van der Waals surface area contributed by atoms with Crippen LogP contribution in [-0.2, 0) is 10.3 Å². The van der Waals surface area contributed by atoms with Crippen molar-refractivity contribution in [3.8, 4) is 0 Å². The van der Waals surface area contributed by atoms with Crippen LogP contribution in [0.1, 0.15) is 49.5 Å². The van der Waals surface area contributed by atoms with Crippen LogP contribution in [-0.4, -0.2) is 22.8 Å². The summed E-state index contributed by atoms with van der Waals surface area (Å²) in [6.07, 6.45) is 0.939. The molecule has 1 amide bonds. The molecule has 1 aromatic rings. The number of amides is 1. The predicted molar refractivity (Wildman–Crippen MR) is 78.7 cm³/mol. The van der Waals surface area contributed by atoms with E-state index in [9.17, 15) is 9.59 Å². The first-order valence-electron chi connectivity index (χ1n) is 6.67. The lowest BCUT2D eigenvalue weighted by molar-refractivity contribution is 0.0495. The molecule has 1 fully saturated rings. The predicted octanol–water partition coefficient (Wildman–Crippen LogP) is 3.55. The fraction of sp³-hybridized carbons (Fsp3) is 0.467. The number of benzene rings is 1. The van der Waals surface area contributed by atoms with Gasteiger partial charge in [0.1, 0.15) is 5.60 Å². The zero-order chi connectivity index (χ0) is 15.8. The molecule has 6 heteroatoms. The Morgan fingerprint density at radius 3 is 2.38 bits per heavy atom. The zero-order valence-electron chi connectivity index (χ0n) is 12.2. The van der Waals surface area contributed by atoms with E-state index in [4.69, 9.17) is 21.4 Å². The molecule has 0 saturated heterocycles. The monoisotopic (exact) mass is 311 g/mol. The molecule has 0 spiro atoms. The molecule has 0 aromatic heterocycles. The molecule has 0 heterocycles. The molecule has 114 valence electrons. The Labute approximate surface area is 128 Å². The first-order valence-corrected chi connectivity index (χ1v) is 7.05. The highest BCUT2D eigenvalue weighted by Crippen LogP contribution is 2.46. The van der Waals surface area contributed by atoms with Crippen LogP contribution in [0.15, 0.2) is 18.2 Å². The Kier molecular flexibility index (Phi) is 3.89. The maximum atomic E-state index is 11.9. The van der Waals surface area contributed by atoms with Gasteiger partial charge in [-0.15, -0.1) is 0 Å². The smallest absolute Gasteiger partial charge is 0.408 e. The van der Waals surface area contributed by atoms with Gasteiger partial charge in [-0.2, -0.15) is 0 Å². The molecule has 0 atom stereocenters. The van der Waals surface area contributed by atoms with Gasteiger partial charge in [0.15, 0.2) is 0 Å². The normalized spacial score (nSPS) is 16.2. The third kappa shape index (κ3) is 3.88. The lowest BCUT2D eigenvalue weighted by Gasteiger charge is -2.24. The van der Waals surface area contributed by atoms with Crippen molar-refractivity contribution in [2.75, 3.05) is 0 Å². The van der Waals surface area contributed by atoms with Crippen molar-refractivity contribution in [1.82, 2.24) is 5.32 Å². The number of halogens is 1. The molecule has 2 rings (SSSR count). The molecule has 0 aliphatic heterocycles. The second-order valence-corrected chi connectivity index (χ2v) is 6.68. The third-order valence-electron chi connectivity index (χ3n) is 3.19. The van der Waals surface area contributed by atoms with Crippen LogP contribution in [0.2, 0.25) is 5.02 Å². The summed E-state index contributed by atoms with van der Waals surface area (Å²) in [6.45, 7) is 5.36. The number of nitrogens with one attached hydrogen (secondary N) is 1. The molecule has 2 N–H and O–H groups in total. The number of hydrogen-bond acceptors (Lipinski definition) is 3. The minimum absolute atomic E-state index is 0.106. The molecule has 1 aliphatic carbocycles. The number of rotatable bonds is 3. The largest absolute Gasteiger partial charge is 0.478 e. The van der Waals surface area contributed by atoms with Crippen LogP contribution in [0, 0.1) is 0 Å². The van der Waals surface area contributed by atoms with Gasteiger partial charge in [-0.25, -0.2) is 9.59 Å². The number of ether oxygens (including phenoxy) is 1. The van der Waals surface area contributed by atoms with E-state index in [2.05, 4.69) is 5.32 Å². The van der Waals surface area contributed by atoms with Gasteiger partial charge < -0.3 is 15.2 Å². The summed E-state index contributed by atoms with van der Waals surface area (Å²) in [4.78, 5) is 23.0. The molecule has 1 aliphatic rings. The SMILES string of the molecule is CC(C)(C)OC(=O)NC1(c2cc(Cl)cc(C(=O)O)c2)CC1. The molecule has 1 aromatic carbocycles. The highest BCUT2D eigenvalue weighted by molar-refractivity contribution is 6.31. The van der Waals surface area contributed by atoms with E-state index in [1.165, 1.54) is 6.07 Å². The number of carboxylic acid groups (broad SMARTS) is 1. The lowest BCUT2D eigenvalue weighted by Crippen LogP contribution is -2.39. The molecule has 0 radical (unpaired) electrons. The van der Waals surface area contributed by atoms with E-state index in [-0.39, 0.29) is 5.56 Å². The molecule has 5 nitrogen and oxygen atoms in total.